The Labute approximate surface area is 115 Å². The van der Waals surface area contributed by atoms with E-state index in [4.69, 9.17) is 10.7 Å². The quantitative estimate of drug-likeness (QED) is 0.893. The number of benzene rings is 1. The van der Waals surface area contributed by atoms with Crippen molar-refractivity contribution >= 4 is 16.6 Å². The number of rotatable bonds is 5. The van der Waals surface area contributed by atoms with E-state index in [9.17, 15) is 0 Å². The molecule has 3 heteroatoms. The molecule has 19 heavy (non-hydrogen) atoms. The molecule has 0 saturated carbocycles. The molecule has 0 radical (unpaired) electrons. The minimum absolute atomic E-state index is 0.665. The van der Waals surface area contributed by atoms with Gasteiger partial charge in [0.05, 0.1) is 11.2 Å². The summed E-state index contributed by atoms with van der Waals surface area (Å²) in [6, 6.07) is 10.0. The summed E-state index contributed by atoms with van der Waals surface area (Å²) in [5.74, 6) is 0.665. The molecule has 0 unspecified atom stereocenters. The van der Waals surface area contributed by atoms with Crippen molar-refractivity contribution in [2.75, 3.05) is 18.8 Å². The van der Waals surface area contributed by atoms with Crippen LogP contribution in [0.5, 0.6) is 0 Å². The third-order valence-electron chi connectivity index (χ3n) is 3.26. The summed E-state index contributed by atoms with van der Waals surface area (Å²) < 4.78 is 0. The highest BCUT2D eigenvalue weighted by atomic mass is 15.1. The molecule has 0 fully saturated rings. The second kappa shape index (κ2) is 6.02. The van der Waals surface area contributed by atoms with Gasteiger partial charge in [-0.25, -0.2) is 0 Å². The van der Waals surface area contributed by atoms with Crippen LogP contribution in [0.1, 0.15) is 26.5 Å². The van der Waals surface area contributed by atoms with Crippen LogP contribution in [0.25, 0.3) is 10.9 Å². The van der Waals surface area contributed by atoms with Crippen LogP contribution in [0.4, 0.5) is 5.69 Å². The van der Waals surface area contributed by atoms with E-state index in [0.717, 1.165) is 41.9 Å². The summed E-state index contributed by atoms with van der Waals surface area (Å²) in [7, 11) is 0. The highest BCUT2D eigenvalue weighted by molar-refractivity contribution is 5.90. The van der Waals surface area contributed by atoms with Gasteiger partial charge in [0.2, 0.25) is 0 Å². The van der Waals surface area contributed by atoms with Gasteiger partial charge < -0.3 is 5.73 Å². The van der Waals surface area contributed by atoms with Gasteiger partial charge >= 0.3 is 0 Å². The minimum Gasteiger partial charge on any atom is -0.398 e. The van der Waals surface area contributed by atoms with Crippen LogP contribution in [0, 0.1) is 5.92 Å². The van der Waals surface area contributed by atoms with E-state index in [1.54, 1.807) is 0 Å². The third-order valence-corrected chi connectivity index (χ3v) is 3.26. The molecule has 0 aliphatic rings. The monoisotopic (exact) mass is 257 g/mol. The number of aromatic nitrogens is 1. The maximum absolute atomic E-state index is 6.12. The van der Waals surface area contributed by atoms with Crippen LogP contribution in [0.15, 0.2) is 30.3 Å². The summed E-state index contributed by atoms with van der Waals surface area (Å²) in [6.45, 7) is 9.66. The van der Waals surface area contributed by atoms with Gasteiger partial charge in [-0.3, -0.25) is 9.88 Å². The molecule has 0 amide bonds. The molecule has 1 aromatic heterocycles. The number of para-hydroxylation sites is 1. The van der Waals surface area contributed by atoms with Crippen LogP contribution in [-0.4, -0.2) is 23.0 Å². The lowest BCUT2D eigenvalue weighted by molar-refractivity contribution is 0.246. The molecular weight excluding hydrogens is 234 g/mol. The predicted molar refractivity (Wildman–Crippen MR) is 81.9 cm³/mol. The predicted octanol–water partition coefficient (Wildman–Crippen LogP) is 3.29. The number of nitrogen functional groups attached to an aromatic ring is 1. The summed E-state index contributed by atoms with van der Waals surface area (Å²) in [5.41, 5.74) is 8.98. The number of hydrogen-bond acceptors (Lipinski definition) is 3. The standard InChI is InChI=1S/C16H23N3/c1-4-19(10-12(2)3)11-13-9-15(17)14-7-5-6-8-16(14)18-13/h5-9,12H,4,10-11H2,1-3H3,(H2,17,18). The summed E-state index contributed by atoms with van der Waals surface area (Å²) in [4.78, 5) is 7.11. The van der Waals surface area contributed by atoms with Crippen LogP contribution < -0.4 is 5.73 Å². The fourth-order valence-electron chi connectivity index (χ4n) is 2.39. The van der Waals surface area contributed by atoms with Gasteiger partial charge in [0.25, 0.3) is 0 Å². The van der Waals surface area contributed by atoms with Crippen molar-refractivity contribution in [3.63, 3.8) is 0 Å². The first-order chi connectivity index (χ1) is 9.10. The lowest BCUT2D eigenvalue weighted by atomic mass is 10.1. The van der Waals surface area contributed by atoms with Gasteiger partial charge in [0.1, 0.15) is 0 Å². The van der Waals surface area contributed by atoms with E-state index in [1.165, 1.54) is 0 Å². The Morgan fingerprint density at radius 1 is 1.26 bits per heavy atom. The number of pyridine rings is 1. The number of hydrogen-bond donors (Lipinski definition) is 1. The Balaban J connectivity index is 2.25. The average Bonchev–Trinajstić information content (AvgIpc) is 2.37. The van der Waals surface area contributed by atoms with Crippen molar-refractivity contribution in [3.05, 3.63) is 36.0 Å². The van der Waals surface area contributed by atoms with E-state index >= 15 is 0 Å². The van der Waals surface area contributed by atoms with Crippen molar-refractivity contribution < 1.29 is 0 Å². The van der Waals surface area contributed by atoms with Gasteiger partial charge in [-0.2, -0.15) is 0 Å². The normalized spacial score (nSPS) is 11.6. The zero-order chi connectivity index (χ0) is 13.8. The molecule has 0 bridgehead atoms. The molecule has 0 spiro atoms. The Hall–Kier alpha value is -1.61. The fraction of sp³-hybridized carbons (Fsp3) is 0.438. The third kappa shape index (κ3) is 3.44. The van der Waals surface area contributed by atoms with Gasteiger partial charge in [-0.1, -0.05) is 39.0 Å². The van der Waals surface area contributed by atoms with Crippen molar-refractivity contribution in [1.82, 2.24) is 9.88 Å². The van der Waals surface area contributed by atoms with Crippen molar-refractivity contribution in [3.8, 4) is 0 Å². The summed E-state index contributed by atoms with van der Waals surface area (Å²) in [6.07, 6.45) is 0. The van der Waals surface area contributed by atoms with Gasteiger partial charge in [0, 0.05) is 24.2 Å². The maximum atomic E-state index is 6.12. The van der Waals surface area contributed by atoms with Crippen molar-refractivity contribution in [2.24, 2.45) is 5.92 Å². The zero-order valence-corrected chi connectivity index (χ0v) is 12.1. The Morgan fingerprint density at radius 3 is 2.68 bits per heavy atom. The van der Waals surface area contributed by atoms with E-state index in [0.29, 0.717) is 5.92 Å². The van der Waals surface area contributed by atoms with E-state index in [2.05, 4.69) is 25.7 Å². The van der Waals surface area contributed by atoms with Crippen LogP contribution in [-0.2, 0) is 6.54 Å². The van der Waals surface area contributed by atoms with Gasteiger partial charge in [-0.15, -0.1) is 0 Å². The summed E-state index contributed by atoms with van der Waals surface area (Å²) >= 11 is 0. The molecule has 0 saturated heterocycles. The Kier molecular flexibility index (Phi) is 4.38. The molecule has 102 valence electrons. The van der Waals surface area contributed by atoms with E-state index < -0.39 is 0 Å². The lowest BCUT2D eigenvalue weighted by Gasteiger charge is -2.22. The molecule has 2 rings (SSSR count). The number of nitrogens with two attached hydrogens (primary N) is 1. The highest BCUT2D eigenvalue weighted by Crippen LogP contribution is 2.20. The second-order valence-corrected chi connectivity index (χ2v) is 5.44. The van der Waals surface area contributed by atoms with Crippen molar-refractivity contribution in [2.45, 2.75) is 27.3 Å². The topological polar surface area (TPSA) is 42.1 Å². The number of fused-ring (bicyclic) bond motifs is 1. The number of anilines is 1. The SMILES string of the molecule is CCN(Cc1cc(N)c2ccccc2n1)CC(C)C. The van der Waals surface area contributed by atoms with Crippen molar-refractivity contribution in [1.29, 1.82) is 0 Å². The lowest BCUT2D eigenvalue weighted by Crippen LogP contribution is -2.27. The van der Waals surface area contributed by atoms with E-state index in [1.807, 2.05) is 30.3 Å². The fourth-order valence-corrected chi connectivity index (χ4v) is 2.39. The smallest absolute Gasteiger partial charge is 0.0726 e. The minimum atomic E-state index is 0.665. The second-order valence-electron chi connectivity index (χ2n) is 5.44. The molecule has 2 aromatic rings. The summed E-state index contributed by atoms with van der Waals surface area (Å²) in [5, 5.41) is 1.04. The highest BCUT2D eigenvalue weighted by Gasteiger charge is 2.09. The molecule has 3 nitrogen and oxygen atoms in total. The van der Waals surface area contributed by atoms with E-state index in [-0.39, 0.29) is 0 Å². The molecule has 0 aliphatic carbocycles. The molecule has 0 atom stereocenters. The Morgan fingerprint density at radius 2 is 2.00 bits per heavy atom. The zero-order valence-electron chi connectivity index (χ0n) is 12.1. The van der Waals surface area contributed by atoms with Crippen LogP contribution in [0.3, 0.4) is 0 Å². The first kappa shape index (κ1) is 13.8. The number of nitrogens with zero attached hydrogens (tertiary/aromatic N) is 2. The average molecular weight is 257 g/mol. The molecular formula is C16H23N3. The van der Waals surface area contributed by atoms with Crippen LogP contribution in [0.2, 0.25) is 0 Å². The molecule has 2 N–H and O–H groups in total. The van der Waals surface area contributed by atoms with Gasteiger partial charge in [0.15, 0.2) is 0 Å². The largest absolute Gasteiger partial charge is 0.398 e. The molecule has 0 aliphatic heterocycles. The first-order valence-corrected chi connectivity index (χ1v) is 6.96. The van der Waals surface area contributed by atoms with Gasteiger partial charge in [-0.05, 0) is 24.6 Å². The Bertz CT molecular complexity index is 549. The first-order valence-electron chi connectivity index (χ1n) is 6.96. The molecule has 1 aromatic carbocycles. The maximum Gasteiger partial charge on any atom is 0.0726 e. The molecule has 1 heterocycles. The van der Waals surface area contributed by atoms with Crippen LogP contribution >= 0.6 is 0 Å².